The summed E-state index contributed by atoms with van der Waals surface area (Å²) in [6.45, 7) is 5.07. The van der Waals surface area contributed by atoms with Crippen LogP contribution in [0.15, 0.2) is 36.7 Å². The van der Waals surface area contributed by atoms with Gasteiger partial charge in [-0.25, -0.2) is 0 Å². The summed E-state index contributed by atoms with van der Waals surface area (Å²) < 4.78 is 2.00. The number of benzene rings is 1. The number of aryl methyl sites for hydroxylation is 1. The van der Waals surface area contributed by atoms with Crippen LogP contribution in [0, 0.1) is 0 Å². The van der Waals surface area contributed by atoms with Crippen LogP contribution in [-0.2, 0) is 6.54 Å². The van der Waals surface area contributed by atoms with Crippen molar-refractivity contribution in [3.05, 3.63) is 52.8 Å². The van der Waals surface area contributed by atoms with Crippen LogP contribution in [0.1, 0.15) is 36.3 Å². The third kappa shape index (κ3) is 2.60. The van der Waals surface area contributed by atoms with Crippen molar-refractivity contribution in [3.63, 3.8) is 0 Å². The maximum atomic E-state index is 6.39. The molecule has 2 atom stereocenters. The van der Waals surface area contributed by atoms with Crippen molar-refractivity contribution in [3.8, 4) is 0 Å². The second kappa shape index (κ2) is 5.98. The summed E-state index contributed by atoms with van der Waals surface area (Å²) in [4.78, 5) is 0. The van der Waals surface area contributed by atoms with Gasteiger partial charge in [0.25, 0.3) is 0 Å². The Bertz CT molecular complexity index is 579. The van der Waals surface area contributed by atoms with Gasteiger partial charge in [0.1, 0.15) is 0 Å². The monoisotopic (exact) mass is 289 g/mol. The number of piperidine rings is 1. The number of hydrogen-bond donors (Lipinski definition) is 1. The van der Waals surface area contributed by atoms with Gasteiger partial charge in [-0.1, -0.05) is 29.8 Å². The van der Waals surface area contributed by atoms with Crippen molar-refractivity contribution in [1.82, 2.24) is 15.1 Å². The zero-order chi connectivity index (χ0) is 13.9. The smallest absolute Gasteiger partial charge is 0.0524 e. The summed E-state index contributed by atoms with van der Waals surface area (Å²) in [6, 6.07) is 8.20. The molecule has 20 heavy (non-hydrogen) atoms. The lowest BCUT2D eigenvalue weighted by atomic mass is 9.78. The molecule has 1 fully saturated rings. The maximum Gasteiger partial charge on any atom is 0.0524 e. The molecule has 1 aliphatic rings. The van der Waals surface area contributed by atoms with Crippen LogP contribution in [0.3, 0.4) is 0 Å². The van der Waals surface area contributed by atoms with Crippen molar-refractivity contribution in [2.24, 2.45) is 0 Å². The van der Waals surface area contributed by atoms with Gasteiger partial charge in [0.15, 0.2) is 0 Å². The van der Waals surface area contributed by atoms with Gasteiger partial charge in [-0.3, -0.25) is 4.68 Å². The summed E-state index contributed by atoms with van der Waals surface area (Å²) in [7, 11) is 0. The van der Waals surface area contributed by atoms with Crippen molar-refractivity contribution >= 4 is 11.6 Å². The van der Waals surface area contributed by atoms with E-state index in [0.29, 0.717) is 11.8 Å². The van der Waals surface area contributed by atoms with Crippen LogP contribution in [0.4, 0.5) is 0 Å². The molecule has 2 unspecified atom stereocenters. The summed E-state index contributed by atoms with van der Waals surface area (Å²) >= 11 is 6.39. The van der Waals surface area contributed by atoms with Gasteiger partial charge in [-0.15, -0.1) is 0 Å². The Balaban J connectivity index is 1.93. The summed E-state index contributed by atoms with van der Waals surface area (Å²) in [5.74, 6) is 0.920. The van der Waals surface area contributed by atoms with Crippen molar-refractivity contribution in [2.75, 3.05) is 13.1 Å². The fourth-order valence-electron chi connectivity index (χ4n) is 3.10. The lowest BCUT2D eigenvalue weighted by molar-refractivity contribution is 0.404. The molecule has 2 heterocycles. The third-order valence-electron chi connectivity index (χ3n) is 4.19. The average Bonchev–Trinajstić information content (AvgIpc) is 2.97. The number of halogens is 1. The summed E-state index contributed by atoms with van der Waals surface area (Å²) in [5.41, 5.74) is 2.58. The van der Waals surface area contributed by atoms with Crippen LogP contribution in [0.2, 0.25) is 5.02 Å². The highest BCUT2D eigenvalue weighted by atomic mass is 35.5. The van der Waals surface area contributed by atoms with E-state index < -0.39 is 0 Å². The lowest BCUT2D eigenvalue weighted by Crippen LogP contribution is -2.34. The quantitative estimate of drug-likeness (QED) is 0.938. The van der Waals surface area contributed by atoms with Crippen molar-refractivity contribution in [1.29, 1.82) is 0 Å². The molecule has 0 radical (unpaired) electrons. The SMILES string of the molecule is CCn1cc(C2CCNCC2c2ccccc2Cl)cn1. The Labute approximate surface area is 124 Å². The first-order valence-electron chi connectivity index (χ1n) is 7.27. The van der Waals surface area contributed by atoms with E-state index in [2.05, 4.69) is 35.7 Å². The van der Waals surface area contributed by atoms with Crippen molar-refractivity contribution in [2.45, 2.75) is 31.7 Å². The maximum absolute atomic E-state index is 6.39. The summed E-state index contributed by atoms with van der Waals surface area (Å²) in [5, 5.41) is 8.79. The normalized spacial score (nSPS) is 22.9. The van der Waals surface area contributed by atoms with E-state index in [4.69, 9.17) is 11.6 Å². The Kier molecular flexibility index (Phi) is 4.08. The van der Waals surface area contributed by atoms with Crippen LogP contribution < -0.4 is 5.32 Å². The molecule has 4 heteroatoms. The Morgan fingerprint density at radius 3 is 2.95 bits per heavy atom. The highest BCUT2D eigenvalue weighted by Crippen LogP contribution is 2.39. The van der Waals surface area contributed by atoms with Crippen molar-refractivity contribution < 1.29 is 0 Å². The zero-order valence-corrected chi connectivity index (χ0v) is 12.5. The highest BCUT2D eigenvalue weighted by molar-refractivity contribution is 6.31. The minimum atomic E-state index is 0.423. The van der Waals surface area contributed by atoms with Gasteiger partial charge < -0.3 is 5.32 Å². The number of nitrogens with zero attached hydrogens (tertiary/aromatic N) is 2. The van der Waals surface area contributed by atoms with E-state index in [1.54, 1.807) is 0 Å². The Hall–Kier alpha value is -1.32. The fourth-order valence-corrected chi connectivity index (χ4v) is 3.38. The van der Waals surface area contributed by atoms with E-state index in [9.17, 15) is 0 Å². The molecule has 1 aromatic carbocycles. The molecule has 1 aliphatic heterocycles. The first-order chi connectivity index (χ1) is 9.79. The van der Waals surface area contributed by atoms with Crippen LogP contribution in [-0.4, -0.2) is 22.9 Å². The fraction of sp³-hybridized carbons (Fsp3) is 0.438. The van der Waals surface area contributed by atoms with Crippen LogP contribution in [0.25, 0.3) is 0 Å². The lowest BCUT2D eigenvalue weighted by Gasteiger charge is -2.32. The standard InChI is InChI=1S/C16H20ClN3/c1-2-20-11-12(9-19-20)13-7-8-18-10-15(13)14-5-3-4-6-16(14)17/h3-6,9,11,13,15,18H,2,7-8,10H2,1H3. The zero-order valence-electron chi connectivity index (χ0n) is 11.7. The number of aromatic nitrogens is 2. The molecule has 0 saturated carbocycles. The molecule has 0 spiro atoms. The van der Waals surface area contributed by atoms with Gasteiger partial charge in [0.2, 0.25) is 0 Å². The van der Waals surface area contributed by atoms with Gasteiger partial charge in [-0.05, 0) is 43.0 Å². The van der Waals surface area contributed by atoms with Gasteiger partial charge in [-0.2, -0.15) is 5.10 Å². The number of nitrogens with one attached hydrogen (secondary N) is 1. The molecule has 1 aromatic heterocycles. The van der Waals surface area contributed by atoms with Gasteiger partial charge >= 0.3 is 0 Å². The van der Waals surface area contributed by atoms with E-state index in [1.165, 1.54) is 11.1 Å². The molecule has 1 saturated heterocycles. The molecule has 3 rings (SSSR count). The topological polar surface area (TPSA) is 29.9 Å². The molecule has 0 amide bonds. The Morgan fingerprint density at radius 1 is 1.35 bits per heavy atom. The van der Waals surface area contributed by atoms with Gasteiger partial charge in [0, 0.05) is 30.2 Å². The van der Waals surface area contributed by atoms with E-state index in [-0.39, 0.29) is 0 Å². The molecule has 0 aliphatic carbocycles. The molecule has 3 nitrogen and oxygen atoms in total. The first-order valence-corrected chi connectivity index (χ1v) is 7.65. The van der Waals surface area contributed by atoms with Crippen LogP contribution >= 0.6 is 11.6 Å². The number of rotatable bonds is 3. The number of hydrogen-bond acceptors (Lipinski definition) is 2. The summed E-state index contributed by atoms with van der Waals surface area (Å²) in [6.07, 6.45) is 5.33. The predicted molar refractivity (Wildman–Crippen MR) is 82.3 cm³/mol. The predicted octanol–water partition coefficient (Wildman–Crippen LogP) is 3.42. The third-order valence-corrected chi connectivity index (χ3v) is 4.54. The first kappa shape index (κ1) is 13.7. The minimum absolute atomic E-state index is 0.423. The molecule has 2 aromatic rings. The molecule has 106 valence electrons. The Morgan fingerprint density at radius 2 is 2.20 bits per heavy atom. The average molecular weight is 290 g/mol. The highest BCUT2D eigenvalue weighted by Gasteiger charge is 2.29. The molecular weight excluding hydrogens is 270 g/mol. The molecular formula is C16H20ClN3. The minimum Gasteiger partial charge on any atom is -0.316 e. The van der Waals surface area contributed by atoms with E-state index in [1.807, 2.05) is 23.0 Å². The second-order valence-corrected chi connectivity index (χ2v) is 5.76. The molecule has 0 bridgehead atoms. The van der Waals surface area contributed by atoms with E-state index in [0.717, 1.165) is 31.1 Å². The second-order valence-electron chi connectivity index (χ2n) is 5.36. The van der Waals surface area contributed by atoms with E-state index >= 15 is 0 Å². The van der Waals surface area contributed by atoms with Crippen LogP contribution in [0.5, 0.6) is 0 Å². The van der Waals surface area contributed by atoms with Gasteiger partial charge in [0.05, 0.1) is 6.20 Å². The largest absolute Gasteiger partial charge is 0.316 e. The molecule has 1 N–H and O–H groups in total.